The molecule has 0 aromatic heterocycles. The largest absolute Gasteiger partial charge is 0.381 e. The fourth-order valence-corrected chi connectivity index (χ4v) is 3.76. The van der Waals surface area contributed by atoms with Gasteiger partial charge in [0.15, 0.2) is 0 Å². The van der Waals surface area contributed by atoms with Gasteiger partial charge < -0.3 is 18.9 Å². The molecule has 166 valence electrons. The average Bonchev–Trinajstić information content (AvgIpc) is 2.48. The van der Waals surface area contributed by atoms with E-state index in [0.29, 0.717) is 18.3 Å². The van der Waals surface area contributed by atoms with Gasteiger partial charge >= 0.3 is 0 Å². The molecule has 1 saturated carbocycles. The maximum atomic E-state index is 5.97. The molecule has 0 bridgehead atoms. The fourth-order valence-electron chi connectivity index (χ4n) is 3.76. The highest BCUT2D eigenvalue weighted by molar-refractivity contribution is 4.83. The van der Waals surface area contributed by atoms with E-state index in [1.165, 1.54) is 19.4 Å². The number of hydrogen-bond acceptors (Lipinski definition) is 5. The molecular formula is C23H45NO4. The molecule has 0 spiro atoms. The van der Waals surface area contributed by atoms with Gasteiger partial charge in [-0.1, -0.05) is 0 Å². The van der Waals surface area contributed by atoms with Crippen molar-refractivity contribution >= 4 is 0 Å². The van der Waals surface area contributed by atoms with Crippen LogP contribution < -0.4 is 0 Å². The Morgan fingerprint density at radius 1 is 0.679 bits per heavy atom. The standard InChI is InChI=1S/C23H45NO4/c1-22(2,3)27-20-15-19(16-20)26-14-10-13-25-12-9-7-8-11-24-17-21(18-24)28-23(4,5)6/h19-21H,7-18H2,1-6H3. The highest BCUT2D eigenvalue weighted by atomic mass is 16.5. The zero-order valence-electron chi connectivity index (χ0n) is 19.3. The molecule has 0 unspecified atom stereocenters. The SMILES string of the molecule is CC(C)(C)OC1CC(OCCCOCCCCCN2CC(OC(C)(C)C)C2)C1. The van der Waals surface area contributed by atoms with Crippen molar-refractivity contribution in [2.24, 2.45) is 0 Å². The first-order valence-electron chi connectivity index (χ1n) is 11.4. The monoisotopic (exact) mass is 399 g/mol. The highest BCUT2D eigenvalue weighted by Crippen LogP contribution is 2.29. The number of unbranched alkanes of at least 4 members (excludes halogenated alkanes) is 2. The molecule has 0 amide bonds. The van der Waals surface area contributed by atoms with Crippen LogP contribution in [0.15, 0.2) is 0 Å². The van der Waals surface area contributed by atoms with Gasteiger partial charge in [-0.2, -0.15) is 0 Å². The molecule has 1 saturated heterocycles. The molecule has 2 rings (SSSR count). The Bertz CT molecular complexity index is 377. The third-order valence-corrected chi connectivity index (χ3v) is 5.07. The van der Waals surface area contributed by atoms with E-state index < -0.39 is 0 Å². The van der Waals surface area contributed by atoms with E-state index in [4.69, 9.17) is 18.9 Å². The van der Waals surface area contributed by atoms with Gasteiger partial charge in [0.25, 0.3) is 0 Å². The molecule has 0 atom stereocenters. The highest BCUT2D eigenvalue weighted by Gasteiger charge is 2.33. The first-order valence-corrected chi connectivity index (χ1v) is 11.4. The van der Waals surface area contributed by atoms with Crippen molar-refractivity contribution in [2.75, 3.05) is 39.5 Å². The van der Waals surface area contributed by atoms with Crippen LogP contribution in [0.25, 0.3) is 0 Å². The molecule has 5 heteroatoms. The molecule has 0 N–H and O–H groups in total. The van der Waals surface area contributed by atoms with E-state index in [1.807, 2.05) is 0 Å². The van der Waals surface area contributed by atoms with Crippen LogP contribution in [0.3, 0.4) is 0 Å². The van der Waals surface area contributed by atoms with Crippen molar-refractivity contribution in [1.29, 1.82) is 0 Å². The molecule has 1 heterocycles. The maximum Gasteiger partial charge on any atom is 0.0835 e. The number of rotatable bonds is 13. The number of nitrogens with zero attached hydrogens (tertiary/aromatic N) is 1. The van der Waals surface area contributed by atoms with E-state index in [-0.39, 0.29) is 11.2 Å². The maximum absolute atomic E-state index is 5.97. The zero-order chi connectivity index (χ0) is 20.6. The molecule has 2 fully saturated rings. The molecule has 28 heavy (non-hydrogen) atoms. The Balaban J connectivity index is 1.28. The van der Waals surface area contributed by atoms with Crippen LogP contribution in [-0.4, -0.2) is 73.9 Å². The second-order valence-electron chi connectivity index (χ2n) is 10.5. The molecule has 0 aromatic carbocycles. The summed E-state index contributed by atoms with van der Waals surface area (Å²) in [6.45, 7) is 18.6. The van der Waals surface area contributed by atoms with Crippen LogP contribution in [0.2, 0.25) is 0 Å². The first kappa shape index (κ1) is 24.1. The lowest BCUT2D eigenvalue weighted by Gasteiger charge is -2.42. The lowest BCUT2D eigenvalue weighted by Crippen LogP contribution is -2.54. The lowest BCUT2D eigenvalue weighted by molar-refractivity contribution is -0.149. The first-order chi connectivity index (χ1) is 13.1. The molecule has 0 radical (unpaired) electrons. The summed E-state index contributed by atoms with van der Waals surface area (Å²) in [5.74, 6) is 0. The minimum atomic E-state index is -0.0399. The van der Waals surface area contributed by atoms with Crippen LogP contribution >= 0.6 is 0 Å². The number of hydrogen-bond donors (Lipinski definition) is 0. The van der Waals surface area contributed by atoms with Crippen LogP contribution in [0.4, 0.5) is 0 Å². The second-order valence-corrected chi connectivity index (χ2v) is 10.5. The van der Waals surface area contributed by atoms with Gasteiger partial charge in [0, 0.05) is 32.9 Å². The summed E-state index contributed by atoms with van der Waals surface area (Å²) in [6.07, 6.45) is 7.94. The fraction of sp³-hybridized carbons (Fsp3) is 1.00. The Kier molecular flexibility index (Phi) is 9.68. The van der Waals surface area contributed by atoms with Crippen molar-refractivity contribution in [1.82, 2.24) is 4.90 Å². The Hall–Kier alpha value is -0.200. The van der Waals surface area contributed by atoms with Crippen LogP contribution in [0.5, 0.6) is 0 Å². The van der Waals surface area contributed by atoms with Crippen molar-refractivity contribution in [2.45, 2.75) is 110 Å². The van der Waals surface area contributed by atoms with Gasteiger partial charge in [0.2, 0.25) is 0 Å². The summed E-state index contributed by atoms with van der Waals surface area (Å²) in [6, 6.07) is 0. The second kappa shape index (κ2) is 11.3. The van der Waals surface area contributed by atoms with Gasteiger partial charge in [-0.05, 0) is 86.6 Å². The summed E-state index contributed by atoms with van der Waals surface area (Å²) < 4.78 is 23.5. The summed E-state index contributed by atoms with van der Waals surface area (Å²) in [7, 11) is 0. The molecule has 1 aliphatic heterocycles. The van der Waals surface area contributed by atoms with E-state index in [0.717, 1.165) is 58.6 Å². The Morgan fingerprint density at radius 3 is 1.93 bits per heavy atom. The Morgan fingerprint density at radius 2 is 1.29 bits per heavy atom. The van der Waals surface area contributed by atoms with Gasteiger partial charge in [-0.3, -0.25) is 4.90 Å². The summed E-state index contributed by atoms with van der Waals surface area (Å²) in [4.78, 5) is 2.49. The number of likely N-dealkylation sites (tertiary alicyclic amines) is 1. The van der Waals surface area contributed by atoms with E-state index in [1.54, 1.807) is 0 Å². The topological polar surface area (TPSA) is 40.2 Å². The number of ether oxygens (including phenoxy) is 4. The quantitative estimate of drug-likeness (QED) is 0.429. The molecular weight excluding hydrogens is 354 g/mol. The van der Waals surface area contributed by atoms with Gasteiger partial charge in [0.1, 0.15) is 0 Å². The van der Waals surface area contributed by atoms with Crippen LogP contribution in [0, 0.1) is 0 Å². The lowest BCUT2D eigenvalue weighted by atomic mass is 9.91. The summed E-state index contributed by atoms with van der Waals surface area (Å²) >= 11 is 0. The molecule has 5 nitrogen and oxygen atoms in total. The van der Waals surface area contributed by atoms with Crippen molar-refractivity contribution in [3.05, 3.63) is 0 Å². The summed E-state index contributed by atoms with van der Waals surface area (Å²) in [5, 5.41) is 0. The molecule has 0 aromatic rings. The minimum absolute atomic E-state index is 0.0138. The van der Waals surface area contributed by atoms with Gasteiger partial charge in [-0.15, -0.1) is 0 Å². The van der Waals surface area contributed by atoms with Crippen molar-refractivity contribution in [3.8, 4) is 0 Å². The van der Waals surface area contributed by atoms with Gasteiger partial charge in [0.05, 0.1) is 29.5 Å². The van der Waals surface area contributed by atoms with Crippen molar-refractivity contribution in [3.63, 3.8) is 0 Å². The third kappa shape index (κ3) is 10.5. The predicted octanol–water partition coefficient (Wildman–Crippen LogP) is 4.43. The minimum Gasteiger partial charge on any atom is -0.381 e. The predicted molar refractivity (Wildman–Crippen MR) is 114 cm³/mol. The van der Waals surface area contributed by atoms with Gasteiger partial charge in [-0.25, -0.2) is 0 Å². The third-order valence-electron chi connectivity index (χ3n) is 5.07. The normalized spacial score (nSPS) is 24.2. The van der Waals surface area contributed by atoms with Crippen LogP contribution in [-0.2, 0) is 18.9 Å². The Labute approximate surface area is 173 Å². The van der Waals surface area contributed by atoms with Crippen molar-refractivity contribution < 1.29 is 18.9 Å². The van der Waals surface area contributed by atoms with Crippen LogP contribution in [0.1, 0.15) is 80.1 Å². The molecule has 1 aliphatic carbocycles. The summed E-state index contributed by atoms with van der Waals surface area (Å²) in [5.41, 5.74) is -0.0536. The van der Waals surface area contributed by atoms with E-state index in [2.05, 4.69) is 46.4 Å². The van der Waals surface area contributed by atoms with E-state index in [9.17, 15) is 0 Å². The average molecular weight is 400 g/mol. The van der Waals surface area contributed by atoms with E-state index >= 15 is 0 Å². The zero-order valence-corrected chi connectivity index (χ0v) is 19.3. The molecule has 2 aliphatic rings. The smallest absolute Gasteiger partial charge is 0.0835 e.